The van der Waals surface area contributed by atoms with Gasteiger partial charge in [0.1, 0.15) is 18.0 Å². The topological polar surface area (TPSA) is 104 Å². The lowest BCUT2D eigenvalue weighted by Crippen LogP contribution is -2.03. The van der Waals surface area contributed by atoms with Gasteiger partial charge in [-0.2, -0.15) is 5.26 Å². The molecule has 0 bridgehead atoms. The SMILES string of the molecule is Cc1c(F)c(N)nc(-c2c[nH]c3ncncc23)c1C#N. The van der Waals surface area contributed by atoms with E-state index >= 15 is 0 Å². The van der Waals surface area contributed by atoms with E-state index in [-0.39, 0.29) is 16.9 Å². The third-order valence-electron chi connectivity index (χ3n) is 3.12. The van der Waals surface area contributed by atoms with Gasteiger partial charge >= 0.3 is 0 Å². The number of hydrogen-bond donors (Lipinski definition) is 2. The number of nitriles is 1. The van der Waals surface area contributed by atoms with Gasteiger partial charge in [-0.05, 0) is 6.92 Å². The second-order valence-corrected chi connectivity index (χ2v) is 4.26. The Balaban J connectivity index is 2.38. The number of aromatic nitrogens is 4. The van der Waals surface area contributed by atoms with Gasteiger partial charge in [-0.15, -0.1) is 0 Å². The van der Waals surface area contributed by atoms with Crippen molar-refractivity contribution in [1.82, 2.24) is 19.9 Å². The highest BCUT2D eigenvalue weighted by Crippen LogP contribution is 2.31. The molecular formula is C13H9FN6. The molecule has 3 aromatic heterocycles. The zero-order valence-electron chi connectivity index (χ0n) is 10.5. The van der Waals surface area contributed by atoms with E-state index in [1.807, 2.05) is 6.07 Å². The molecule has 3 N–H and O–H groups in total. The molecule has 3 rings (SSSR count). The van der Waals surface area contributed by atoms with Crippen molar-refractivity contribution in [2.45, 2.75) is 6.92 Å². The Kier molecular flexibility index (Phi) is 2.57. The number of halogens is 1. The number of fused-ring (bicyclic) bond motifs is 1. The van der Waals surface area contributed by atoms with E-state index in [1.165, 1.54) is 13.3 Å². The summed E-state index contributed by atoms with van der Waals surface area (Å²) in [7, 11) is 0. The van der Waals surface area contributed by atoms with Crippen LogP contribution < -0.4 is 5.73 Å². The summed E-state index contributed by atoms with van der Waals surface area (Å²) >= 11 is 0. The molecule has 0 amide bonds. The molecule has 0 aromatic carbocycles. The van der Waals surface area contributed by atoms with Crippen molar-refractivity contribution >= 4 is 16.9 Å². The summed E-state index contributed by atoms with van der Waals surface area (Å²) in [5.41, 5.74) is 7.45. The third kappa shape index (κ3) is 1.59. The van der Waals surface area contributed by atoms with Crippen molar-refractivity contribution in [3.05, 3.63) is 35.7 Å². The molecule has 3 heterocycles. The van der Waals surface area contributed by atoms with Gasteiger partial charge < -0.3 is 10.7 Å². The minimum Gasteiger partial charge on any atom is -0.381 e. The molecule has 0 aliphatic heterocycles. The van der Waals surface area contributed by atoms with Crippen LogP contribution in [0.25, 0.3) is 22.3 Å². The van der Waals surface area contributed by atoms with Crippen LogP contribution in [0.4, 0.5) is 10.2 Å². The number of hydrogen-bond acceptors (Lipinski definition) is 5. The molecule has 6 nitrogen and oxygen atoms in total. The molecule has 0 saturated heterocycles. The number of nitrogens with one attached hydrogen (secondary N) is 1. The fourth-order valence-corrected chi connectivity index (χ4v) is 2.09. The molecule has 0 fully saturated rings. The van der Waals surface area contributed by atoms with Gasteiger partial charge in [0.2, 0.25) is 0 Å². The first-order valence-electron chi connectivity index (χ1n) is 5.76. The van der Waals surface area contributed by atoms with Gasteiger partial charge in [0.25, 0.3) is 0 Å². The Bertz CT molecular complexity index is 861. The Morgan fingerprint density at radius 2 is 2.25 bits per heavy atom. The third-order valence-corrected chi connectivity index (χ3v) is 3.12. The zero-order chi connectivity index (χ0) is 14.3. The van der Waals surface area contributed by atoms with E-state index < -0.39 is 5.82 Å². The van der Waals surface area contributed by atoms with E-state index in [1.54, 1.807) is 12.4 Å². The zero-order valence-corrected chi connectivity index (χ0v) is 10.5. The number of aromatic amines is 1. The summed E-state index contributed by atoms with van der Waals surface area (Å²) in [6.45, 7) is 1.50. The molecule has 0 aliphatic carbocycles. The Labute approximate surface area is 113 Å². The van der Waals surface area contributed by atoms with Crippen LogP contribution in [-0.2, 0) is 0 Å². The Morgan fingerprint density at radius 1 is 1.45 bits per heavy atom. The molecule has 20 heavy (non-hydrogen) atoms. The van der Waals surface area contributed by atoms with Crippen LogP contribution in [0.2, 0.25) is 0 Å². The molecular weight excluding hydrogens is 259 g/mol. The molecule has 0 spiro atoms. The number of rotatable bonds is 1. The highest BCUT2D eigenvalue weighted by Gasteiger charge is 2.19. The molecule has 98 valence electrons. The van der Waals surface area contributed by atoms with Crippen molar-refractivity contribution in [3.63, 3.8) is 0 Å². The first-order valence-corrected chi connectivity index (χ1v) is 5.76. The lowest BCUT2D eigenvalue weighted by atomic mass is 10.0. The highest BCUT2D eigenvalue weighted by atomic mass is 19.1. The fraction of sp³-hybridized carbons (Fsp3) is 0.0769. The minimum absolute atomic E-state index is 0.154. The molecule has 0 aliphatic rings. The van der Waals surface area contributed by atoms with Crippen LogP contribution in [0.1, 0.15) is 11.1 Å². The van der Waals surface area contributed by atoms with Gasteiger partial charge in [-0.3, -0.25) is 0 Å². The lowest BCUT2D eigenvalue weighted by Gasteiger charge is -2.08. The summed E-state index contributed by atoms with van der Waals surface area (Å²) in [5, 5.41) is 9.94. The quantitative estimate of drug-likeness (QED) is 0.701. The predicted octanol–water partition coefficient (Wildman–Crippen LogP) is 1.92. The number of H-pyrrole nitrogens is 1. The first-order chi connectivity index (χ1) is 9.63. The average molecular weight is 268 g/mol. The number of nitrogens with zero attached hydrogens (tertiary/aromatic N) is 4. The van der Waals surface area contributed by atoms with Crippen LogP contribution in [0.3, 0.4) is 0 Å². The fourth-order valence-electron chi connectivity index (χ4n) is 2.09. The number of anilines is 1. The number of pyridine rings is 1. The normalized spacial score (nSPS) is 10.7. The van der Waals surface area contributed by atoms with Gasteiger partial charge in [0, 0.05) is 28.9 Å². The van der Waals surface area contributed by atoms with Crippen LogP contribution in [0, 0.1) is 24.1 Å². The molecule has 0 unspecified atom stereocenters. The summed E-state index contributed by atoms with van der Waals surface area (Å²) in [6, 6.07) is 1.97. The van der Waals surface area contributed by atoms with E-state index in [0.29, 0.717) is 22.3 Å². The van der Waals surface area contributed by atoms with Crippen molar-refractivity contribution in [1.29, 1.82) is 5.26 Å². The van der Waals surface area contributed by atoms with Crippen LogP contribution in [-0.4, -0.2) is 19.9 Å². The summed E-state index contributed by atoms with van der Waals surface area (Å²) in [4.78, 5) is 15.0. The van der Waals surface area contributed by atoms with E-state index in [9.17, 15) is 9.65 Å². The van der Waals surface area contributed by atoms with Crippen LogP contribution in [0.5, 0.6) is 0 Å². The van der Waals surface area contributed by atoms with Gasteiger partial charge in [-0.25, -0.2) is 19.3 Å². The summed E-state index contributed by atoms with van der Waals surface area (Å²) < 4.78 is 13.7. The maximum atomic E-state index is 13.7. The molecule has 3 aromatic rings. The van der Waals surface area contributed by atoms with E-state index in [0.717, 1.165) is 0 Å². The van der Waals surface area contributed by atoms with Gasteiger partial charge in [0.05, 0.1) is 11.3 Å². The molecule has 0 atom stereocenters. The molecule has 7 heteroatoms. The Hall–Kier alpha value is -3.01. The summed E-state index contributed by atoms with van der Waals surface area (Å²) in [5.74, 6) is -0.899. The second-order valence-electron chi connectivity index (χ2n) is 4.26. The lowest BCUT2D eigenvalue weighted by molar-refractivity contribution is 0.617. The van der Waals surface area contributed by atoms with Crippen LogP contribution >= 0.6 is 0 Å². The highest BCUT2D eigenvalue weighted by molar-refractivity contribution is 5.93. The summed E-state index contributed by atoms with van der Waals surface area (Å²) in [6.07, 6.45) is 4.66. The molecule has 0 saturated carbocycles. The molecule has 0 radical (unpaired) electrons. The van der Waals surface area contributed by atoms with Crippen molar-refractivity contribution in [2.75, 3.05) is 5.73 Å². The first kappa shape index (κ1) is 12.0. The van der Waals surface area contributed by atoms with E-state index in [2.05, 4.69) is 19.9 Å². The minimum atomic E-state index is -0.665. The Morgan fingerprint density at radius 3 is 3.00 bits per heavy atom. The smallest absolute Gasteiger partial charge is 0.169 e. The monoisotopic (exact) mass is 268 g/mol. The van der Waals surface area contributed by atoms with Crippen molar-refractivity contribution in [3.8, 4) is 17.3 Å². The maximum absolute atomic E-state index is 13.7. The number of nitrogen functional groups attached to an aromatic ring is 1. The standard InChI is InChI=1S/C13H9FN6/c1-6-7(2-15)11(20-12(16)10(6)14)8-4-18-13-9(8)3-17-5-19-13/h3-5H,1H3,(H2,16,20)(H,17,18,19). The average Bonchev–Trinajstić information content (AvgIpc) is 2.88. The van der Waals surface area contributed by atoms with Crippen molar-refractivity contribution < 1.29 is 4.39 Å². The van der Waals surface area contributed by atoms with E-state index in [4.69, 9.17) is 5.73 Å². The maximum Gasteiger partial charge on any atom is 0.169 e. The van der Waals surface area contributed by atoms with Gasteiger partial charge in [-0.1, -0.05) is 0 Å². The largest absolute Gasteiger partial charge is 0.381 e. The van der Waals surface area contributed by atoms with Crippen LogP contribution in [0.15, 0.2) is 18.7 Å². The van der Waals surface area contributed by atoms with Gasteiger partial charge in [0.15, 0.2) is 11.6 Å². The predicted molar refractivity (Wildman–Crippen MR) is 70.9 cm³/mol. The number of nitrogens with two attached hydrogens (primary N) is 1. The second kappa shape index (κ2) is 4.28. The van der Waals surface area contributed by atoms with Crippen molar-refractivity contribution in [2.24, 2.45) is 0 Å².